The summed E-state index contributed by atoms with van der Waals surface area (Å²) in [5.41, 5.74) is 4.74. The van der Waals surface area contributed by atoms with Crippen LogP contribution in [0.5, 0.6) is 5.75 Å². The van der Waals surface area contributed by atoms with E-state index in [1.807, 2.05) is 0 Å². The number of rotatable bonds is 2. The van der Waals surface area contributed by atoms with E-state index in [1.165, 1.54) is 6.07 Å². The van der Waals surface area contributed by atoms with Gasteiger partial charge in [-0.25, -0.2) is 0 Å². The fraction of sp³-hybridized carbons (Fsp3) is 0.385. The van der Waals surface area contributed by atoms with Gasteiger partial charge in [-0.1, -0.05) is 25.6 Å². The van der Waals surface area contributed by atoms with Crippen molar-refractivity contribution in [3.8, 4) is 17.2 Å². The van der Waals surface area contributed by atoms with Crippen molar-refractivity contribution in [2.75, 3.05) is 0 Å². The lowest BCUT2D eigenvalue weighted by atomic mass is 10.1. The molecule has 0 spiro atoms. The van der Waals surface area contributed by atoms with Gasteiger partial charge in [0.2, 0.25) is 0 Å². The van der Waals surface area contributed by atoms with E-state index in [2.05, 4.69) is 35.8 Å². The molecular formula is C13H16F2OSi. The zero-order valence-electron chi connectivity index (χ0n) is 10.5. The summed E-state index contributed by atoms with van der Waals surface area (Å²) >= 11 is 0. The predicted octanol–water partition coefficient (Wildman–Crippen LogP) is 3.83. The van der Waals surface area contributed by atoms with Crippen LogP contribution < -0.4 is 4.74 Å². The average Bonchev–Trinajstić information content (AvgIpc) is 2.17. The van der Waals surface area contributed by atoms with E-state index in [4.69, 9.17) is 0 Å². The lowest BCUT2D eigenvalue weighted by Crippen LogP contribution is -2.16. The molecular weight excluding hydrogens is 238 g/mol. The Kier molecular flexibility index (Phi) is 4.30. The molecule has 0 unspecified atom stereocenters. The molecule has 0 aliphatic carbocycles. The Morgan fingerprint density at radius 3 is 2.35 bits per heavy atom. The third-order valence-corrected chi connectivity index (χ3v) is 2.85. The molecule has 17 heavy (non-hydrogen) atoms. The van der Waals surface area contributed by atoms with Crippen molar-refractivity contribution >= 4 is 8.07 Å². The van der Waals surface area contributed by atoms with Crippen molar-refractivity contribution in [1.82, 2.24) is 0 Å². The maximum atomic E-state index is 12.1. The standard InChI is InChI=1S/C13H16F2OSi/c1-10-9-11(7-8-17(2,3)4)5-6-12(10)16-13(14)15/h5-6,9,13H,1-4H3. The van der Waals surface area contributed by atoms with Gasteiger partial charge in [0.15, 0.2) is 0 Å². The molecule has 0 atom stereocenters. The molecule has 0 radical (unpaired) electrons. The molecule has 1 aromatic carbocycles. The predicted molar refractivity (Wildman–Crippen MR) is 68.0 cm³/mol. The second-order valence-electron chi connectivity index (χ2n) is 4.86. The van der Waals surface area contributed by atoms with Gasteiger partial charge in [-0.05, 0) is 30.7 Å². The van der Waals surface area contributed by atoms with E-state index in [0.717, 1.165) is 5.56 Å². The summed E-state index contributed by atoms with van der Waals surface area (Å²) < 4.78 is 28.5. The highest BCUT2D eigenvalue weighted by Gasteiger charge is 2.09. The molecule has 0 saturated heterocycles. The van der Waals surface area contributed by atoms with Gasteiger partial charge in [0, 0.05) is 5.56 Å². The van der Waals surface area contributed by atoms with E-state index in [0.29, 0.717) is 5.56 Å². The first-order chi connectivity index (χ1) is 7.78. The van der Waals surface area contributed by atoms with Gasteiger partial charge < -0.3 is 4.74 Å². The topological polar surface area (TPSA) is 9.23 Å². The Bertz CT molecular complexity index is 453. The third kappa shape index (κ3) is 5.01. The molecule has 1 rings (SSSR count). The Morgan fingerprint density at radius 2 is 1.88 bits per heavy atom. The van der Waals surface area contributed by atoms with Crippen molar-refractivity contribution in [2.24, 2.45) is 0 Å². The molecule has 4 heteroatoms. The van der Waals surface area contributed by atoms with E-state index in [1.54, 1.807) is 19.1 Å². The van der Waals surface area contributed by atoms with E-state index >= 15 is 0 Å². The van der Waals surface area contributed by atoms with E-state index < -0.39 is 14.7 Å². The largest absolute Gasteiger partial charge is 0.435 e. The lowest BCUT2D eigenvalue weighted by molar-refractivity contribution is -0.0502. The zero-order valence-corrected chi connectivity index (χ0v) is 11.5. The number of benzene rings is 1. The van der Waals surface area contributed by atoms with Gasteiger partial charge in [0.05, 0.1) is 0 Å². The molecule has 0 aliphatic rings. The van der Waals surface area contributed by atoms with Crippen LogP contribution in [0.2, 0.25) is 19.6 Å². The normalized spacial score (nSPS) is 11.0. The van der Waals surface area contributed by atoms with Crippen LogP contribution in [0.25, 0.3) is 0 Å². The first-order valence-corrected chi connectivity index (χ1v) is 8.86. The maximum Gasteiger partial charge on any atom is 0.387 e. The second kappa shape index (κ2) is 5.33. The summed E-state index contributed by atoms with van der Waals surface area (Å²) in [6.45, 7) is 5.41. The first-order valence-electron chi connectivity index (χ1n) is 5.36. The molecule has 0 heterocycles. The maximum absolute atomic E-state index is 12.1. The molecule has 0 aliphatic heterocycles. The van der Waals surface area contributed by atoms with Gasteiger partial charge in [0.1, 0.15) is 13.8 Å². The van der Waals surface area contributed by atoms with Crippen molar-refractivity contribution in [1.29, 1.82) is 0 Å². The van der Waals surface area contributed by atoms with Crippen molar-refractivity contribution < 1.29 is 13.5 Å². The Balaban J connectivity index is 2.92. The Morgan fingerprint density at radius 1 is 1.24 bits per heavy atom. The smallest absolute Gasteiger partial charge is 0.387 e. The summed E-state index contributed by atoms with van der Waals surface area (Å²) in [6, 6.07) is 5.01. The van der Waals surface area contributed by atoms with Crippen molar-refractivity contribution in [3.05, 3.63) is 29.3 Å². The van der Waals surface area contributed by atoms with Gasteiger partial charge in [-0.3, -0.25) is 0 Å². The molecule has 0 amide bonds. The minimum absolute atomic E-state index is 0.207. The molecule has 0 N–H and O–H groups in total. The van der Waals surface area contributed by atoms with Crippen molar-refractivity contribution in [3.63, 3.8) is 0 Å². The summed E-state index contributed by atoms with van der Waals surface area (Å²) in [7, 11) is -1.41. The third-order valence-electron chi connectivity index (χ3n) is 1.97. The zero-order chi connectivity index (χ0) is 13.1. The summed E-state index contributed by atoms with van der Waals surface area (Å²) in [6.07, 6.45) is 0. The quantitative estimate of drug-likeness (QED) is 0.576. The molecule has 92 valence electrons. The average molecular weight is 254 g/mol. The number of hydrogen-bond donors (Lipinski definition) is 0. The van der Waals surface area contributed by atoms with Crippen LogP contribution >= 0.6 is 0 Å². The molecule has 0 aromatic heterocycles. The van der Waals surface area contributed by atoms with Crippen LogP contribution in [0.1, 0.15) is 11.1 Å². The highest BCUT2D eigenvalue weighted by molar-refractivity contribution is 6.83. The monoisotopic (exact) mass is 254 g/mol. The van der Waals surface area contributed by atoms with Crippen molar-refractivity contribution in [2.45, 2.75) is 33.2 Å². The fourth-order valence-corrected chi connectivity index (χ4v) is 1.73. The lowest BCUT2D eigenvalue weighted by Gasteiger charge is -2.08. The fourth-order valence-electron chi connectivity index (χ4n) is 1.22. The first kappa shape index (κ1) is 13.7. The Labute approximate surface area is 102 Å². The molecule has 0 saturated carbocycles. The van der Waals surface area contributed by atoms with Gasteiger partial charge in [0.25, 0.3) is 0 Å². The van der Waals surface area contributed by atoms with E-state index in [-0.39, 0.29) is 5.75 Å². The van der Waals surface area contributed by atoms with Gasteiger partial charge >= 0.3 is 6.61 Å². The van der Waals surface area contributed by atoms with Gasteiger partial charge in [-0.15, -0.1) is 5.54 Å². The summed E-state index contributed by atoms with van der Waals surface area (Å²) in [5.74, 6) is 3.28. The Hall–Kier alpha value is -1.34. The summed E-state index contributed by atoms with van der Waals surface area (Å²) in [4.78, 5) is 0. The van der Waals surface area contributed by atoms with Crippen LogP contribution in [0.15, 0.2) is 18.2 Å². The minimum atomic E-state index is -2.78. The second-order valence-corrected chi connectivity index (χ2v) is 9.61. The summed E-state index contributed by atoms with van der Waals surface area (Å²) in [5, 5.41) is 0. The number of hydrogen-bond acceptors (Lipinski definition) is 1. The molecule has 1 aromatic rings. The van der Waals surface area contributed by atoms with Crippen LogP contribution in [0, 0.1) is 18.4 Å². The highest BCUT2D eigenvalue weighted by atomic mass is 28.3. The highest BCUT2D eigenvalue weighted by Crippen LogP contribution is 2.20. The van der Waals surface area contributed by atoms with Crippen LogP contribution in [-0.4, -0.2) is 14.7 Å². The number of halogens is 2. The number of alkyl halides is 2. The van der Waals surface area contributed by atoms with Crippen LogP contribution in [0.4, 0.5) is 8.78 Å². The van der Waals surface area contributed by atoms with Crippen LogP contribution in [0.3, 0.4) is 0 Å². The number of ether oxygens (including phenoxy) is 1. The van der Waals surface area contributed by atoms with Gasteiger partial charge in [-0.2, -0.15) is 8.78 Å². The SMILES string of the molecule is Cc1cc(C#C[Si](C)(C)C)ccc1OC(F)F. The molecule has 1 nitrogen and oxygen atoms in total. The van der Waals surface area contributed by atoms with Crippen LogP contribution in [-0.2, 0) is 0 Å². The minimum Gasteiger partial charge on any atom is -0.435 e. The van der Waals surface area contributed by atoms with E-state index in [9.17, 15) is 8.78 Å². The number of aryl methyl sites for hydroxylation is 1. The molecule has 0 bridgehead atoms. The molecule has 0 fully saturated rings.